The minimum Gasteiger partial charge on any atom is -0.351 e. The molecule has 0 saturated heterocycles. The molecule has 2 aromatic rings. The highest BCUT2D eigenvalue weighted by Gasteiger charge is 2.27. The number of rotatable bonds is 6. The average Bonchev–Trinajstić information content (AvgIpc) is 2.61. The van der Waals surface area contributed by atoms with Gasteiger partial charge in [0.2, 0.25) is 0 Å². The number of nitrogens with one attached hydrogen (secondary N) is 2. The Morgan fingerprint density at radius 1 is 1.24 bits per heavy atom. The number of quaternary nitrogens is 1. The highest BCUT2D eigenvalue weighted by molar-refractivity contribution is 6.30. The molecule has 0 radical (unpaired) electrons. The molecule has 0 spiro atoms. The Bertz CT molecular complexity index is 731. The number of halogens is 1. The molecule has 1 aliphatic rings. The lowest BCUT2D eigenvalue weighted by Crippen LogP contribution is -3.10. The topological polar surface area (TPSA) is 33.5 Å². The van der Waals surface area contributed by atoms with Crippen LogP contribution in [0.3, 0.4) is 0 Å². The molecule has 4 heteroatoms. The molecule has 3 nitrogen and oxygen atoms in total. The lowest BCUT2D eigenvalue weighted by Gasteiger charge is -2.30. The Balaban J connectivity index is 1.50. The number of benzene rings is 2. The van der Waals surface area contributed by atoms with Crippen molar-refractivity contribution in [2.24, 2.45) is 0 Å². The van der Waals surface area contributed by atoms with Crippen LogP contribution in [-0.2, 0) is 17.6 Å². The molecular formula is C21H26ClN2O+. The fraction of sp³-hybridized carbons (Fsp3) is 0.381. The van der Waals surface area contributed by atoms with E-state index in [9.17, 15) is 4.79 Å². The Labute approximate surface area is 155 Å². The maximum Gasteiger partial charge on any atom is 0.275 e. The number of fused-ring (bicyclic) bond motifs is 1. The SMILES string of the molecule is C[NH+](CC(=O)NCCc1cccc(Cl)c1)[C@@H]1CCCc2ccccc21. The van der Waals surface area contributed by atoms with Crippen LogP contribution in [0.15, 0.2) is 48.5 Å². The molecule has 1 amide bonds. The quantitative estimate of drug-likeness (QED) is 0.818. The van der Waals surface area contributed by atoms with Crippen molar-refractivity contribution in [3.8, 4) is 0 Å². The minimum atomic E-state index is 0.114. The maximum absolute atomic E-state index is 12.3. The summed E-state index contributed by atoms with van der Waals surface area (Å²) < 4.78 is 0. The molecule has 1 unspecified atom stereocenters. The van der Waals surface area contributed by atoms with Crippen LogP contribution in [0.5, 0.6) is 0 Å². The van der Waals surface area contributed by atoms with E-state index in [1.165, 1.54) is 22.4 Å². The van der Waals surface area contributed by atoms with Crippen molar-refractivity contribution in [3.63, 3.8) is 0 Å². The molecule has 0 heterocycles. The van der Waals surface area contributed by atoms with Gasteiger partial charge in [-0.15, -0.1) is 0 Å². The fourth-order valence-electron chi connectivity index (χ4n) is 3.74. The zero-order valence-corrected chi connectivity index (χ0v) is 15.5. The van der Waals surface area contributed by atoms with Crippen LogP contribution in [0.2, 0.25) is 5.02 Å². The van der Waals surface area contributed by atoms with Crippen LogP contribution in [0.1, 0.15) is 35.6 Å². The van der Waals surface area contributed by atoms with Crippen molar-refractivity contribution in [3.05, 3.63) is 70.2 Å². The number of carbonyl (C=O) groups is 1. The molecule has 25 heavy (non-hydrogen) atoms. The number of hydrogen-bond acceptors (Lipinski definition) is 1. The molecule has 2 atom stereocenters. The Morgan fingerprint density at radius 2 is 2.08 bits per heavy atom. The third-order valence-electron chi connectivity index (χ3n) is 5.03. The van der Waals surface area contributed by atoms with Gasteiger partial charge in [0.25, 0.3) is 5.91 Å². The zero-order chi connectivity index (χ0) is 17.6. The van der Waals surface area contributed by atoms with Crippen LogP contribution in [0, 0.1) is 0 Å². The van der Waals surface area contributed by atoms with E-state index in [-0.39, 0.29) is 5.91 Å². The number of likely N-dealkylation sites (N-methyl/N-ethyl adjacent to an activating group) is 1. The average molecular weight is 358 g/mol. The summed E-state index contributed by atoms with van der Waals surface area (Å²) in [6.07, 6.45) is 4.32. The lowest BCUT2D eigenvalue weighted by atomic mass is 9.87. The molecule has 2 aromatic carbocycles. The normalized spacial score (nSPS) is 17.6. The number of hydrogen-bond donors (Lipinski definition) is 2. The summed E-state index contributed by atoms with van der Waals surface area (Å²) in [5.74, 6) is 0.114. The monoisotopic (exact) mass is 357 g/mol. The van der Waals surface area contributed by atoms with E-state index >= 15 is 0 Å². The molecule has 132 valence electrons. The largest absolute Gasteiger partial charge is 0.351 e. The first-order chi connectivity index (χ1) is 12.1. The van der Waals surface area contributed by atoms with Crippen molar-refractivity contribution in [2.45, 2.75) is 31.7 Å². The van der Waals surface area contributed by atoms with Gasteiger partial charge in [0.1, 0.15) is 6.04 Å². The van der Waals surface area contributed by atoms with Crippen molar-refractivity contribution in [1.82, 2.24) is 5.32 Å². The molecular weight excluding hydrogens is 332 g/mol. The summed E-state index contributed by atoms with van der Waals surface area (Å²) >= 11 is 5.99. The molecule has 2 N–H and O–H groups in total. The van der Waals surface area contributed by atoms with Crippen molar-refractivity contribution in [2.75, 3.05) is 20.1 Å². The zero-order valence-electron chi connectivity index (χ0n) is 14.7. The molecule has 0 saturated carbocycles. The first-order valence-corrected chi connectivity index (χ1v) is 9.42. The van der Waals surface area contributed by atoms with Crippen molar-refractivity contribution < 1.29 is 9.69 Å². The second-order valence-electron chi connectivity index (χ2n) is 6.90. The summed E-state index contributed by atoms with van der Waals surface area (Å²) in [6, 6.07) is 16.9. The third kappa shape index (κ3) is 4.83. The van der Waals surface area contributed by atoms with E-state index in [0.717, 1.165) is 29.8 Å². The van der Waals surface area contributed by atoms with Crippen LogP contribution < -0.4 is 10.2 Å². The van der Waals surface area contributed by atoms with Gasteiger partial charge >= 0.3 is 0 Å². The number of aryl methyl sites for hydroxylation is 1. The molecule has 1 aliphatic carbocycles. The summed E-state index contributed by atoms with van der Waals surface area (Å²) in [7, 11) is 2.13. The van der Waals surface area contributed by atoms with Crippen molar-refractivity contribution in [1.29, 1.82) is 0 Å². The predicted octanol–water partition coefficient (Wildman–Crippen LogP) is 2.59. The van der Waals surface area contributed by atoms with Crippen LogP contribution >= 0.6 is 11.6 Å². The van der Waals surface area contributed by atoms with Gasteiger partial charge in [0.05, 0.1) is 7.05 Å². The summed E-state index contributed by atoms with van der Waals surface area (Å²) in [5, 5.41) is 3.78. The van der Waals surface area contributed by atoms with E-state index in [4.69, 9.17) is 11.6 Å². The summed E-state index contributed by atoms with van der Waals surface area (Å²) in [6.45, 7) is 1.16. The lowest BCUT2D eigenvalue weighted by molar-refractivity contribution is -0.905. The molecule has 0 aliphatic heterocycles. The highest BCUT2D eigenvalue weighted by atomic mass is 35.5. The molecule has 3 rings (SSSR count). The Hall–Kier alpha value is -1.84. The number of carbonyl (C=O) groups excluding carboxylic acids is 1. The van der Waals surface area contributed by atoms with E-state index in [0.29, 0.717) is 19.1 Å². The molecule has 0 bridgehead atoms. The van der Waals surface area contributed by atoms with E-state index in [2.05, 4.69) is 36.6 Å². The third-order valence-corrected chi connectivity index (χ3v) is 5.26. The fourth-order valence-corrected chi connectivity index (χ4v) is 3.96. The second kappa shape index (κ2) is 8.50. The van der Waals surface area contributed by atoms with Gasteiger partial charge < -0.3 is 10.2 Å². The summed E-state index contributed by atoms with van der Waals surface area (Å²) in [5.41, 5.74) is 4.01. The van der Waals surface area contributed by atoms with Gasteiger partial charge in [-0.05, 0) is 42.5 Å². The molecule has 0 fully saturated rings. The van der Waals surface area contributed by atoms with Crippen LogP contribution in [0.25, 0.3) is 0 Å². The van der Waals surface area contributed by atoms with Gasteiger partial charge in [0.15, 0.2) is 6.54 Å². The standard InChI is InChI=1S/C21H25ClN2O/c1-24(20-11-5-8-17-7-2-3-10-19(17)20)15-21(25)23-13-12-16-6-4-9-18(22)14-16/h2-4,6-7,9-10,14,20H,5,8,11-13,15H2,1H3,(H,23,25)/p+1/t20-/m1/s1. The van der Waals surface area contributed by atoms with Gasteiger partial charge in [-0.3, -0.25) is 4.79 Å². The van der Waals surface area contributed by atoms with Gasteiger partial charge in [-0.2, -0.15) is 0 Å². The highest BCUT2D eigenvalue weighted by Crippen LogP contribution is 2.27. The van der Waals surface area contributed by atoms with Crippen LogP contribution in [-0.4, -0.2) is 26.0 Å². The molecule has 0 aromatic heterocycles. The minimum absolute atomic E-state index is 0.114. The van der Waals surface area contributed by atoms with Gasteiger partial charge in [0, 0.05) is 23.6 Å². The first-order valence-electron chi connectivity index (χ1n) is 9.05. The van der Waals surface area contributed by atoms with Gasteiger partial charge in [-0.1, -0.05) is 48.0 Å². The van der Waals surface area contributed by atoms with E-state index < -0.39 is 0 Å². The predicted molar refractivity (Wildman–Crippen MR) is 102 cm³/mol. The van der Waals surface area contributed by atoms with Crippen LogP contribution in [0.4, 0.5) is 0 Å². The van der Waals surface area contributed by atoms with E-state index in [1.807, 2.05) is 24.3 Å². The number of amides is 1. The Morgan fingerprint density at radius 3 is 2.92 bits per heavy atom. The summed E-state index contributed by atoms with van der Waals surface area (Å²) in [4.78, 5) is 13.6. The van der Waals surface area contributed by atoms with Gasteiger partial charge in [-0.25, -0.2) is 0 Å². The first kappa shape index (κ1) is 18.0. The smallest absolute Gasteiger partial charge is 0.275 e. The maximum atomic E-state index is 12.3. The Kier molecular flexibility index (Phi) is 6.11. The second-order valence-corrected chi connectivity index (χ2v) is 7.33. The van der Waals surface area contributed by atoms with E-state index in [1.54, 1.807) is 0 Å². The van der Waals surface area contributed by atoms with Crippen molar-refractivity contribution >= 4 is 17.5 Å².